The Morgan fingerprint density at radius 3 is 2.53 bits per heavy atom. The van der Waals surface area contributed by atoms with E-state index in [9.17, 15) is 13.2 Å². The zero-order valence-electron chi connectivity index (χ0n) is 8.42. The molecule has 0 aliphatic carbocycles. The maximum atomic E-state index is 11.2. The summed E-state index contributed by atoms with van der Waals surface area (Å²) in [6, 6.07) is 0. The van der Waals surface area contributed by atoms with Crippen LogP contribution >= 0.6 is 28.6 Å². The molecule has 0 bridgehead atoms. The normalized spacial score (nSPS) is 18.2. The van der Waals surface area contributed by atoms with E-state index >= 15 is 0 Å². The number of hydrogen-bond donors (Lipinski definition) is 1. The molecule has 1 unspecified atom stereocenters. The Kier molecular flexibility index (Phi) is 5.45. The standard InChI is InChI=1S/C7H13BrN2O3S2/c1-7(14,5-11)6(8)4-10(3)15(12,13)9-2/h5-6,14H,2,4H2,1,3H3/t6-,7?/m1/s1. The average molecular weight is 317 g/mol. The molecule has 0 rings (SSSR count). The second-order valence-electron chi connectivity index (χ2n) is 3.20. The minimum Gasteiger partial charge on any atom is -0.302 e. The fourth-order valence-electron chi connectivity index (χ4n) is 0.677. The number of thiol groups is 1. The smallest absolute Gasteiger partial charge is 0.302 e. The molecule has 0 aromatic rings. The summed E-state index contributed by atoms with van der Waals surface area (Å²) in [5.74, 6) is 0. The Labute approximate surface area is 104 Å². The van der Waals surface area contributed by atoms with E-state index in [4.69, 9.17) is 0 Å². The van der Waals surface area contributed by atoms with E-state index in [-0.39, 0.29) is 6.54 Å². The van der Waals surface area contributed by atoms with E-state index in [1.54, 1.807) is 6.92 Å². The molecule has 0 N–H and O–H groups in total. The molecule has 0 aromatic heterocycles. The average Bonchev–Trinajstić information content (AvgIpc) is 2.17. The van der Waals surface area contributed by atoms with Gasteiger partial charge in [0.25, 0.3) is 0 Å². The molecule has 0 amide bonds. The summed E-state index contributed by atoms with van der Waals surface area (Å²) in [5.41, 5.74) is 0. The molecule has 88 valence electrons. The number of aldehydes is 1. The van der Waals surface area contributed by atoms with Crippen molar-refractivity contribution < 1.29 is 13.2 Å². The predicted octanol–water partition coefficient (Wildman–Crippen LogP) is 0.514. The Hall–Kier alpha value is 0.0800. The van der Waals surface area contributed by atoms with Crippen LogP contribution < -0.4 is 0 Å². The van der Waals surface area contributed by atoms with Gasteiger partial charge in [-0.1, -0.05) is 15.9 Å². The Bertz CT molecular complexity index is 342. The highest BCUT2D eigenvalue weighted by Crippen LogP contribution is 2.24. The molecule has 0 aromatic carbocycles. The second-order valence-corrected chi connectivity index (χ2v) is 7.04. The number of alkyl halides is 1. The van der Waals surface area contributed by atoms with Crippen LogP contribution in [0.5, 0.6) is 0 Å². The zero-order valence-corrected chi connectivity index (χ0v) is 11.7. The topological polar surface area (TPSA) is 66.8 Å². The van der Waals surface area contributed by atoms with Crippen LogP contribution in [0, 0.1) is 0 Å². The van der Waals surface area contributed by atoms with Crippen LogP contribution in [0.15, 0.2) is 4.40 Å². The summed E-state index contributed by atoms with van der Waals surface area (Å²) < 4.78 is 25.5. The van der Waals surface area contributed by atoms with E-state index < -0.39 is 19.8 Å². The molecular weight excluding hydrogens is 304 g/mol. The van der Waals surface area contributed by atoms with Gasteiger partial charge in [0.2, 0.25) is 0 Å². The Morgan fingerprint density at radius 2 is 2.20 bits per heavy atom. The molecule has 0 saturated carbocycles. The van der Waals surface area contributed by atoms with Crippen molar-refractivity contribution in [1.29, 1.82) is 0 Å². The van der Waals surface area contributed by atoms with Gasteiger partial charge in [-0.15, -0.1) is 0 Å². The van der Waals surface area contributed by atoms with Crippen LogP contribution in [0.3, 0.4) is 0 Å². The van der Waals surface area contributed by atoms with Crippen LogP contribution in [-0.2, 0) is 15.0 Å². The lowest BCUT2D eigenvalue weighted by Crippen LogP contribution is -2.41. The summed E-state index contributed by atoms with van der Waals surface area (Å²) >= 11 is 7.30. The molecule has 0 radical (unpaired) electrons. The molecule has 2 atom stereocenters. The fourth-order valence-corrected chi connectivity index (χ4v) is 2.03. The van der Waals surface area contributed by atoms with E-state index in [0.29, 0.717) is 6.29 Å². The first-order chi connectivity index (χ1) is 6.67. The van der Waals surface area contributed by atoms with Crippen molar-refractivity contribution in [1.82, 2.24) is 4.31 Å². The lowest BCUT2D eigenvalue weighted by atomic mass is 10.1. The van der Waals surface area contributed by atoms with Gasteiger partial charge < -0.3 is 4.79 Å². The fraction of sp³-hybridized carbons (Fsp3) is 0.714. The minimum absolute atomic E-state index is 0.0834. The van der Waals surface area contributed by atoms with Crippen LogP contribution in [0.2, 0.25) is 0 Å². The van der Waals surface area contributed by atoms with Gasteiger partial charge in [0, 0.05) is 25.1 Å². The van der Waals surface area contributed by atoms with Gasteiger partial charge in [0.15, 0.2) is 0 Å². The lowest BCUT2D eigenvalue weighted by Gasteiger charge is -2.26. The monoisotopic (exact) mass is 316 g/mol. The Morgan fingerprint density at radius 1 is 1.73 bits per heavy atom. The predicted molar refractivity (Wildman–Crippen MR) is 67.3 cm³/mol. The maximum absolute atomic E-state index is 11.2. The highest BCUT2D eigenvalue weighted by molar-refractivity contribution is 9.09. The third-order valence-corrected chi connectivity index (χ3v) is 5.12. The number of nitrogens with zero attached hydrogens (tertiary/aromatic N) is 2. The number of hydrogen-bond acceptors (Lipinski definition) is 4. The summed E-state index contributed by atoms with van der Waals surface area (Å²) in [6.07, 6.45) is 0.650. The minimum atomic E-state index is -3.69. The van der Waals surface area contributed by atoms with Gasteiger partial charge in [-0.3, -0.25) is 0 Å². The first-order valence-corrected chi connectivity index (χ1v) is 6.70. The number of halogens is 1. The lowest BCUT2D eigenvalue weighted by molar-refractivity contribution is -0.109. The second kappa shape index (κ2) is 5.42. The van der Waals surface area contributed by atoms with Gasteiger partial charge in [-0.05, 0) is 6.92 Å². The van der Waals surface area contributed by atoms with Gasteiger partial charge in [0.05, 0.1) is 4.75 Å². The van der Waals surface area contributed by atoms with Crippen LogP contribution in [0.25, 0.3) is 0 Å². The third-order valence-electron chi connectivity index (χ3n) is 1.85. The first-order valence-electron chi connectivity index (χ1n) is 3.94. The van der Waals surface area contributed by atoms with Crippen LogP contribution in [0.1, 0.15) is 6.92 Å². The molecule has 0 aliphatic heterocycles. The van der Waals surface area contributed by atoms with Crippen molar-refractivity contribution >= 4 is 51.8 Å². The molecule has 8 heteroatoms. The van der Waals surface area contributed by atoms with E-state index in [2.05, 4.69) is 39.7 Å². The molecule has 5 nitrogen and oxygen atoms in total. The molecule has 0 heterocycles. The Balaban J connectivity index is 4.64. The third kappa shape index (κ3) is 4.21. The quantitative estimate of drug-likeness (QED) is 0.336. The van der Waals surface area contributed by atoms with Crippen molar-refractivity contribution in [2.45, 2.75) is 16.5 Å². The van der Waals surface area contributed by atoms with Crippen molar-refractivity contribution in [3.05, 3.63) is 0 Å². The van der Waals surface area contributed by atoms with Gasteiger partial charge in [-0.25, -0.2) is 0 Å². The highest BCUT2D eigenvalue weighted by atomic mass is 79.9. The van der Waals surface area contributed by atoms with Crippen molar-refractivity contribution in [3.63, 3.8) is 0 Å². The molecule has 0 aliphatic rings. The SMILES string of the molecule is C=NS(=O)(=O)N(C)C[C@@H](Br)C(C)(S)C=O. The maximum Gasteiger partial charge on any atom is 0.321 e. The summed E-state index contributed by atoms with van der Waals surface area (Å²) in [5, 5.41) is 0. The van der Waals surface area contributed by atoms with E-state index in [0.717, 1.165) is 4.31 Å². The highest BCUT2D eigenvalue weighted by Gasteiger charge is 2.31. The molecular formula is C7H13BrN2O3S2. The molecule has 0 saturated heterocycles. The summed E-state index contributed by atoms with van der Waals surface area (Å²) in [7, 11) is -2.34. The van der Waals surface area contributed by atoms with E-state index in [1.807, 2.05) is 0 Å². The first kappa shape index (κ1) is 15.1. The van der Waals surface area contributed by atoms with Gasteiger partial charge in [-0.2, -0.15) is 29.7 Å². The van der Waals surface area contributed by atoms with Gasteiger partial charge in [0.1, 0.15) is 6.29 Å². The molecule has 15 heavy (non-hydrogen) atoms. The van der Waals surface area contributed by atoms with Crippen molar-refractivity contribution in [2.24, 2.45) is 4.40 Å². The summed E-state index contributed by atoms with van der Waals surface area (Å²) in [4.78, 5) is 10.2. The molecule has 0 spiro atoms. The van der Waals surface area contributed by atoms with Crippen molar-refractivity contribution in [3.8, 4) is 0 Å². The summed E-state index contributed by atoms with van der Waals surface area (Å²) in [6.45, 7) is 4.63. The van der Waals surface area contributed by atoms with E-state index in [1.165, 1.54) is 7.05 Å². The number of carbonyl (C=O) groups is 1. The molecule has 0 fully saturated rings. The van der Waals surface area contributed by atoms with Crippen molar-refractivity contribution in [2.75, 3.05) is 13.6 Å². The largest absolute Gasteiger partial charge is 0.321 e. The van der Waals surface area contributed by atoms with Crippen LogP contribution in [0.4, 0.5) is 0 Å². The zero-order chi connectivity index (χ0) is 12.3. The number of carbonyl (C=O) groups excluding carboxylic acids is 1. The van der Waals surface area contributed by atoms with Gasteiger partial charge >= 0.3 is 10.2 Å². The number of rotatable bonds is 6. The van der Waals surface area contributed by atoms with Crippen LogP contribution in [-0.4, -0.2) is 48.9 Å².